The van der Waals surface area contributed by atoms with Gasteiger partial charge in [-0.1, -0.05) is 11.6 Å². The third-order valence-electron chi connectivity index (χ3n) is 3.23. The molecule has 98 valence electrons. The highest BCUT2D eigenvalue weighted by Gasteiger charge is 2.18. The Morgan fingerprint density at radius 2 is 2.44 bits per heavy atom. The molecule has 18 heavy (non-hydrogen) atoms. The molecule has 2 rings (SSSR count). The van der Waals surface area contributed by atoms with Crippen molar-refractivity contribution in [2.45, 2.75) is 12.8 Å². The van der Waals surface area contributed by atoms with Crippen LogP contribution in [0.25, 0.3) is 0 Å². The van der Waals surface area contributed by atoms with Crippen LogP contribution in [0.1, 0.15) is 23.2 Å². The summed E-state index contributed by atoms with van der Waals surface area (Å²) in [5.41, 5.74) is 0.336. The van der Waals surface area contributed by atoms with E-state index < -0.39 is 0 Å². The van der Waals surface area contributed by atoms with Crippen molar-refractivity contribution < 1.29 is 4.79 Å². The van der Waals surface area contributed by atoms with E-state index in [-0.39, 0.29) is 5.15 Å². The highest BCUT2D eigenvalue weighted by atomic mass is 35.5. The van der Waals surface area contributed by atoms with Gasteiger partial charge in [-0.3, -0.25) is 4.79 Å². The Bertz CT molecular complexity index is 427. The number of anilines is 1. The topological polar surface area (TPSA) is 58.1 Å². The normalized spacial score (nSPS) is 20.7. The molecular formula is C12H17ClN4O. The molecule has 0 spiro atoms. The molecule has 1 aliphatic heterocycles. The summed E-state index contributed by atoms with van der Waals surface area (Å²) in [5, 5.41) is 3.40. The van der Waals surface area contributed by atoms with Crippen molar-refractivity contribution in [2.24, 2.45) is 5.92 Å². The van der Waals surface area contributed by atoms with Crippen LogP contribution in [0.5, 0.6) is 0 Å². The quantitative estimate of drug-likeness (QED) is 0.665. The number of hydrogen-bond acceptors (Lipinski definition) is 5. The first-order chi connectivity index (χ1) is 8.70. The largest absolute Gasteiger partial charge is 0.369 e. The van der Waals surface area contributed by atoms with Crippen molar-refractivity contribution in [1.29, 1.82) is 0 Å². The van der Waals surface area contributed by atoms with E-state index in [2.05, 4.69) is 27.2 Å². The fourth-order valence-corrected chi connectivity index (χ4v) is 2.48. The molecule has 0 aliphatic carbocycles. The van der Waals surface area contributed by atoms with Gasteiger partial charge in [-0.25, -0.2) is 9.97 Å². The molecule has 1 unspecified atom stereocenters. The molecule has 6 heteroatoms. The number of aromatic nitrogens is 2. The first kappa shape index (κ1) is 13.2. The first-order valence-electron chi connectivity index (χ1n) is 6.08. The second-order valence-corrected chi connectivity index (χ2v) is 5.05. The number of halogens is 1. The Kier molecular flexibility index (Phi) is 4.49. The van der Waals surface area contributed by atoms with Crippen LogP contribution in [0.4, 0.5) is 5.82 Å². The van der Waals surface area contributed by atoms with E-state index in [1.54, 1.807) is 0 Å². The van der Waals surface area contributed by atoms with Gasteiger partial charge in [0.15, 0.2) is 6.29 Å². The van der Waals surface area contributed by atoms with Crippen LogP contribution in [-0.4, -0.2) is 47.8 Å². The molecule has 1 aromatic rings. The Labute approximate surface area is 112 Å². The second-order valence-electron chi connectivity index (χ2n) is 4.70. The summed E-state index contributed by atoms with van der Waals surface area (Å²) < 4.78 is 0. The van der Waals surface area contributed by atoms with Gasteiger partial charge in [0.05, 0.1) is 5.56 Å². The van der Waals surface area contributed by atoms with Gasteiger partial charge in [0.1, 0.15) is 17.3 Å². The maximum absolute atomic E-state index is 10.9. The summed E-state index contributed by atoms with van der Waals surface area (Å²) in [5.74, 6) is 1.11. The van der Waals surface area contributed by atoms with E-state index in [0.717, 1.165) is 19.6 Å². The fourth-order valence-electron chi connectivity index (χ4n) is 2.30. The Morgan fingerprint density at radius 1 is 1.61 bits per heavy atom. The van der Waals surface area contributed by atoms with Crippen LogP contribution in [0, 0.1) is 5.92 Å². The monoisotopic (exact) mass is 268 g/mol. The highest BCUT2D eigenvalue weighted by molar-refractivity contribution is 6.32. The molecule has 1 aromatic heterocycles. The molecule has 1 N–H and O–H groups in total. The lowest BCUT2D eigenvalue weighted by molar-refractivity contribution is 0.112. The predicted molar refractivity (Wildman–Crippen MR) is 71.1 cm³/mol. The van der Waals surface area contributed by atoms with E-state index >= 15 is 0 Å². The molecule has 1 atom stereocenters. The summed E-state index contributed by atoms with van der Waals surface area (Å²) in [6.45, 7) is 3.04. The molecule has 1 saturated heterocycles. The second kappa shape index (κ2) is 6.11. The number of carbonyl (C=O) groups is 1. The maximum atomic E-state index is 10.9. The molecule has 0 radical (unpaired) electrons. The van der Waals surface area contributed by atoms with Gasteiger partial charge in [0.2, 0.25) is 0 Å². The summed E-state index contributed by atoms with van der Waals surface area (Å²) in [6, 6.07) is 0. The van der Waals surface area contributed by atoms with Gasteiger partial charge in [-0.2, -0.15) is 0 Å². The number of hydrogen-bond donors (Lipinski definition) is 1. The molecule has 0 bridgehead atoms. The van der Waals surface area contributed by atoms with Gasteiger partial charge >= 0.3 is 0 Å². The van der Waals surface area contributed by atoms with E-state index in [4.69, 9.17) is 11.6 Å². The summed E-state index contributed by atoms with van der Waals surface area (Å²) >= 11 is 5.84. The van der Waals surface area contributed by atoms with Gasteiger partial charge in [-0.15, -0.1) is 0 Å². The van der Waals surface area contributed by atoms with E-state index in [9.17, 15) is 4.79 Å². The predicted octanol–water partition coefficient (Wildman–Crippen LogP) is 1.70. The summed E-state index contributed by atoms with van der Waals surface area (Å²) in [4.78, 5) is 21.1. The van der Waals surface area contributed by atoms with Crippen molar-refractivity contribution in [1.82, 2.24) is 14.9 Å². The smallest absolute Gasteiger partial charge is 0.156 e. The van der Waals surface area contributed by atoms with Crippen molar-refractivity contribution in [3.8, 4) is 0 Å². The van der Waals surface area contributed by atoms with E-state index in [1.165, 1.54) is 19.2 Å². The average molecular weight is 269 g/mol. The summed E-state index contributed by atoms with van der Waals surface area (Å²) in [6.07, 6.45) is 4.48. The molecule has 0 saturated carbocycles. The molecule has 5 nitrogen and oxygen atoms in total. The molecule has 0 aromatic carbocycles. The van der Waals surface area contributed by atoms with E-state index in [1.807, 2.05) is 0 Å². The lowest BCUT2D eigenvalue weighted by atomic mass is 9.98. The third kappa shape index (κ3) is 3.17. The number of rotatable bonds is 4. The number of likely N-dealkylation sites (tertiary alicyclic amines) is 1. The number of carbonyl (C=O) groups excluding carboxylic acids is 1. The maximum Gasteiger partial charge on any atom is 0.156 e. The SMILES string of the molecule is CN1CCCC(CNc2ncnc(Cl)c2C=O)C1. The van der Waals surface area contributed by atoms with Crippen LogP contribution in [0.3, 0.4) is 0 Å². The first-order valence-corrected chi connectivity index (χ1v) is 6.46. The minimum atomic E-state index is 0.197. The Balaban J connectivity index is 1.97. The third-order valence-corrected chi connectivity index (χ3v) is 3.53. The zero-order valence-electron chi connectivity index (χ0n) is 10.4. The number of nitrogens with zero attached hydrogens (tertiary/aromatic N) is 3. The highest BCUT2D eigenvalue weighted by Crippen LogP contribution is 2.19. The average Bonchev–Trinajstić information content (AvgIpc) is 2.36. The van der Waals surface area contributed by atoms with Crippen molar-refractivity contribution in [3.05, 3.63) is 17.0 Å². The van der Waals surface area contributed by atoms with Crippen LogP contribution >= 0.6 is 11.6 Å². The van der Waals surface area contributed by atoms with Gasteiger partial charge in [0, 0.05) is 13.1 Å². The lowest BCUT2D eigenvalue weighted by Crippen LogP contribution is -2.35. The summed E-state index contributed by atoms with van der Waals surface area (Å²) in [7, 11) is 2.13. The van der Waals surface area contributed by atoms with Crippen molar-refractivity contribution >= 4 is 23.7 Å². The standard InChI is InChI=1S/C12H17ClN4O/c1-17-4-2-3-9(6-17)5-14-12-10(7-18)11(13)15-8-16-12/h7-9H,2-6H2,1H3,(H,14,15,16). The number of nitrogens with one attached hydrogen (secondary N) is 1. The van der Waals surface area contributed by atoms with Gasteiger partial charge in [0.25, 0.3) is 0 Å². The molecule has 2 heterocycles. The number of aldehydes is 1. The molecule has 1 aliphatic rings. The van der Waals surface area contributed by atoms with Crippen LogP contribution < -0.4 is 5.32 Å². The number of piperidine rings is 1. The van der Waals surface area contributed by atoms with Gasteiger partial charge < -0.3 is 10.2 Å². The van der Waals surface area contributed by atoms with Crippen LogP contribution in [-0.2, 0) is 0 Å². The van der Waals surface area contributed by atoms with E-state index in [0.29, 0.717) is 23.6 Å². The molecule has 1 fully saturated rings. The Morgan fingerprint density at radius 3 is 3.17 bits per heavy atom. The minimum absolute atomic E-state index is 0.197. The Hall–Kier alpha value is -1.20. The lowest BCUT2D eigenvalue weighted by Gasteiger charge is -2.29. The van der Waals surface area contributed by atoms with Crippen molar-refractivity contribution in [3.63, 3.8) is 0 Å². The van der Waals surface area contributed by atoms with Crippen LogP contribution in [0.2, 0.25) is 5.15 Å². The molecular weight excluding hydrogens is 252 g/mol. The zero-order chi connectivity index (χ0) is 13.0. The minimum Gasteiger partial charge on any atom is -0.369 e. The van der Waals surface area contributed by atoms with Crippen molar-refractivity contribution in [2.75, 3.05) is 32.0 Å². The zero-order valence-corrected chi connectivity index (χ0v) is 11.2. The van der Waals surface area contributed by atoms with Crippen LogP contribution in [0.15, 0.2) is 6.33 Å². The fraction of sp³-hybridized carbons (Fsp3) is 0.583. The van der Waals surface area contributed by atoms with Gasteiger partial charge in [-0.05, 0) is 32.4 Å². The molecule has 0 amide bonds.